The molecule has 0 saturated carbocycles. The molecular weight excluding hydrogens is 252 g/mol. The van der Waals surface area contributed by atoms with Crippen LogP contribution in [-0.2, 0) is 11.3 Å². The highest BCUT2D eigenvalue weighted by molar-refractivity contribution is 6.31. The average Bonchev–Trinajstić information content (AvgIpc) is 2.71. The summed E-state index contributed by atoms with van der Waals surface area (Å²) in [6.45, 7) is 4.07. The second-order valence-electron chi connectivity index (χ2n) is 3.92. The van der Waals surface area contributed by atoms with Gasteiger partial charge < -0.3 is 9.30 Å². The first-order valence-electron chi connectivity index (χ1n) is 5.95. The molecule has 0 unspecified atom stereocenters. The summed E-state index contributed by atoms with van der Waals surface area (Å²) >= 11 is 5.91. The van der Waals surface area contributed by atoms with E-state index in [4.69, 9.17) is 16.3 Å². The Hall–Kier alpha value is -1.39. The van der Waals surface area contributed by atoms with Gasteiger partial charge in [0.1, 0.15) is 0 Å². The summed E-state index contributed by atoms with van der Waals surface area (Å²) in [5, 5.41) is 0.624. The molecule has 0 bridgehead atoms. The third-order valence-corrected chi connectivity index (χ3v) is 2.95. The molecule has 1 heterocycles. The Morgan fingerprint density at radius 3 is 3.06 bits per heavy atom. The maximum Gasteiger partial charge on any atom is 0.185 e. The third-order valence-electron chi connectivity index (χ3n) is 2.72. The van der Waals surface area contributed by atoms with Crippen molar-refractivity contribution < 1.29 is 9.53 Å². The fourth-order valence-electron chi connectivity index (χ4n) is 1.92. The zero-order chi connectivity index (χ0) is 13.0. The number of halogens is 1. The summed E-state index contributed by atoms with van der Waals surface area (Å²) in [4.78, 5) is 15.3. The number of aryl methyl sites for hydroxylation is 1. The molecule has 18 heavy (non-hydrogen) atoms. The molecule has 0 saturated heterocycles. The molecule has 0 aliphatic heterocycles. The van der Waals surface area contributed by atoms with Gasteiger partial charge in [0.05, 0.1) is 11.0 Å². The van der Waals surface area contributed by atoms with Crippen LogP contribution in [0.1, 0.15) is 24.0 Å². The van der Waals surface area contributed by atoms with E-state index in [-0.39, 0.29) is 0 Å². The molecule has 0 aliphatic carbocycles. The predicted octanol–water partition coefficient (Wildman–Crippen LogP) is 2.93. The van der Waals surface area contributed by atoms with Crippen LogP contribution in [0.25, 0.3) is 11.0 Å². The van der Waals surface area contributed by atoms with Gasteiger partial charge >= 0.3 is 0 Å². The van der Waals surface area contributed by atoms with Crippen LogP contribution in [0.5, 0.6) is 0 Å². The van der Waals surface area contributed by atoms with Crippen molar-refractivity contribution in [2.24, 2.45) is 0 Å². The summed E-state index contributed by atoms with van der Waals surface area (Å²) < 4.78 is 7.19. The van der Waals surface area contributed by atoms with Gasteiger partial charge in [-0.25, -0.2) is 4.98 Å². The van der Waals surface area contributed by atoms with Crippen LogP contribution in [0, 0.1) is 0 Å². The molecule has 2 rings (SSSR count). The van der Waals surface area contributed by atoms with Crippen molar-refractivity contribution >= 4 is 28.9 Å². The first-order chi connectivity index (χ1) is 8.76. The third kappa shape index (κ3) is 2.71. The first-order valence-corrected chi connectivity index (χ1v) is 6.32. The minimum absolute atomic E-state index is 0.434. The van der Waals surface area contributed by atoms with Gasteiger partial charge in [-0.1, -0.05) is 11.6 Å². The lowest BCUT2D eigenvalue weighted by atomic mass is 10.3. The molecule has 0 atom stereocenters. The predicted molar refractivity (Wildman–Crippen MR) is 71.2 cm³/mol. The zero-order valence-electron chi connectivity index (χ0n) is 10.2. The van der Waals surface area contributed by atoms with E-state index in [1.165, 1.54) is 0 Å². The summed E-state index contributed by atoms with van der Waals surface area (Å²) in [5.41, 5.74) is 1.68. The molecule has 1 aromatic heterocycles. The first kappa shape index (κ1) is 13.1. The van der Waals surface area contributed by atoms with Crippen molar-refractivity contribution in [2.45, 2.75) is 19.9 Å². The molecule has 1 aromatic carbocycles. The molecule has 4 nitrogen and oxygen atoms in total. The molecule has 0 N–H and O–H groups in total. The second-order valence-corrected chi connectivity index (χ2v) is 4.36. The number of fused-ring (bicyclic) bond motifs is 1. The Labute approximate surface area is 111 Å². The lowest BCUT2D eigenvalue weighted by Gasteiger charge is -2.06. The van der Waals surface area contributed by atoms with E-state index in [0.717, 1.165) is 23.7 Å². The number of aromatic nitrogens is 2. The SMILES string of the molecule is CCOCCCn1c(C=O)nc2cc(Cl)ccc21. The van der Waals surface area contributed by atoms with Gasteiger partial charge in [-0.05, 0) is 31.5 Å². The Kier molecular flexibility index (Phi) is 4.33. The zero-order valence-corrected chi connectivity index (χ0v) is 11.0. The maximum absolute atomic E-state index is 11.0. The number of rotatable bonds is 6. The number of carbonyl (C=O) groups is 1. The van der Waals surface area contributed by atoms with Gasteiger partial charge in [0.15, 0.2) is 12.1 Å². The number of hydrogen-bond acceptors (Lipinski definition) is 3. The van der Waals surface area contributed by atoms with E-state index < -0.39 is 0 Å². The van der Waals surface area contributed by atoms with E-state index in [1.807, 2.05) is 17.6 Å². The molecule has 5 heteroatoms. The van der Waals surface area contributed by atoms with Crippen LogP contribution in [0.15, 0.2) is 18.2 Å². The number of aldehydes is 1. The fraction of sp³-hybridized carbons (Fsp3) is 0.385. The number of nitrogens with zero attached hydrogens (tertiary/aromatic N) is 2. The summed E-state index contributed by atoms with van der Waals surface area (Å²) in [7, 11) is 0. The smallest absolute Gasteiger partial charge is 0.185 e. The lowest BCUT2D eigenvalue weighted by Crippen LogP contribution is -2.06. The number of benzene rings is 1. The summed E-state index contributed by atoms with van der Waals surface area (Å²) in [6, 6.07) is 5.46. The van der Waals surface area contributed by atoms with Crippen LogP contribution >= 0.6 is 11.6 Å². The molecule has 0 fully saturated rings. The van der Waals surface area contributed by atoms with Crippen molar-refractivity contribution in [3.8, 4) is 0 Å². The van der Waals surface area contributed by atoms with Crippen LogP contribution in [0.4, 0.5) is 0 Å². The van der Waals surface area contributed by atoms with Crippen LogP contribution in [-0.4, -0.2) is 29.1 Å². The quantitative estimate of drug-likeness (QED) is 0.596. The van der Waals surface area contributed by atoms with Crippen molar-refractivity contribution in [1.29, 1.82) is 0 Å². The monoisotopic (exact) mass is 266 g/mol. The van der Waals surface area contributed by atoms with E-state index in [0.29, 0.717) is 30.6 Å². The minimum atomic E-state index is 0.434. The molecule has 2 aromatic rings. The molecule has 0 spiro atoms. The molecule has 0 amide bonds. The highest BCUT2D eigenvalue weighted by Gasteiger charge is 2.09. The van der Waals surface area contributed by atoms with E-state index in [2.05, 4.69) is 4.98 Å². The second kappa shape index (κ2) is 5.98. The Balaban J connectivity index is 2.26. The maximum atomic E-state index is 11.0. The van der Waals surface area contributed by atoms with Crippen LogP contribution in [0.3, 0.4) is 0 Å². The Morgan fingerprint density at radius 1 is 1.50 bits per heavy atom. The molecule has 0 radical (unpaired) electrons. The Morgan fingerprint density at radius 2 is 2.33 bits per heavy atom. The van der Waals surface area contributed by atoms with Crippen LogP contribution in [0.2, 0.25) is 5.02 Å². The standard InChI is InChI=1S/C13H15ClN2O2/c1-2-18-7-3-6-16-12-5-4-10(14)8-11(12)15-13(16)9-17/h4-5,8-9H,2-3,6-7H2,1H3. The molecule has 96 valence electrons. The van der Waals surface area contributed by atoms with Gasteiger partial charge in [0.2, 0.25) is 0 Å². The molecular formula is C13H15ClN2O2. The highest BCUT2D eigenvalue weighted by Crippen LogP contribution is 2.20. The van der Waals surface area contributed by atoms with E-state index in [1.54, 1.807) is 12.1 Å². The number of imidazole rings is 1. The number of ether oxygens (including phenoxy) is 1. The summed E-state index contributed by atoms with van der Waals surface area (Å²) in [5.74, 6) is 0.434. The van der Waals surface area contributed by atoms with Crippen molar-refractivity contribution in [2.75, 3.05) is 13.2 Å². The van der Waals surface area contributed by atoms with Gasteiger partial charge in [-0.3, -0.25) is 4.79 Å². The van der Waals surface area contributed by atoms with Gasteiger partial charge in [-0.2, -0.15) is 0 Å². The van der Waals surface area contributed by atoms with Crippen molar-refractivity contribution in [3.63, 3.8) is 0 Å². The largest absolute Gasteiger partial charge is 0.382 e. The average molecular weight is 267 g/mol. The highest BCUT2D eigenvalue weighted by atomic mass is 35.5. The minimum Gasteiger partial charge on any atom is -0.382 e. The van der Waals surface area contributed by atoms with Gasteiger partial charge in [-0.15, -0.1) is 0 Å². The fourth-order valence-corrected chi connectivity index (χ4v) is 2.08. The summed E-state index contributed by atoms with van der Waals surface area (Å²) in [6.07, 6.45) is 1.62. The topological polar surface area (TPSA) is 44.1 Å². The number of carbonyl (C=O) groups excluding carboxylic acids is 1. The van der Waals surface area contributed by atoms with Crippen LogP contribution < -0.4 is 0 Å². The Bertz CT molecular complexity index is 551. The van der Waals surface area contributed by atoms with E-state index >= 15 is 0 Å². The lowest BCUT2D eigenvalue weighted by molar-refractivity contribution is 0.110. The number of hydrogen-bond donors (Lipinski definition) is 0. The van der Waals surface area contributed by atoms with Gasteiger partial charge in [0, 0.05) is 24.8 Å². The normalized spacial score (nSPS) is 11.0. The van der Waals surface area contributed by atoms with Crippen molar-refractivity contribution in [1.82, 2.24) is 9.55 Å². The van der Waals surface area contributed by atoms with E-state index in [9.17, 15) is 4.79 Å². The van der Waals surface area contributed by atoms with Gasteiger partial charge in [0.25, 0.3) is 0 Å². The molecule has 0 aliphatic rings. The van der Waals surface area contributed by atoms with Crippen molar-refractivity contribution in [3.05, 3.63) is 29.0 Å².